The molecule has 0 aromatic heterocycles. The summed E-state index contributed by atoms with van der Waals surface area (Å²) in [5.41, 5.74) is 0.0636. The van der Waals surface area contributed by atoms with Crippen LogP contribution in [-0.4, -0.2) is 31.0 Å². The van der Waals surface area contributed by atoms with Crippen molar-refractivity contribution in [2.75, 3.05) is 19.1 Å². The fraction of sp³-hybridized carbons (Fsp3) is 0.120. The molecule has 0 spiro atoms. The Balaban J connectivity index is 1.99. The highest BCUT2D eigenvalue weighted by atomic mass is 35.5. The van der Waals surface area contributed by atoms with Crippen LogP contribution in [-0.2, 0) is 9.59 Å². The maximum atomic E-state index is 15.0. The van der Waals surface area contributed by atoms with Crippen molar-refractivity contribution in [3.05, 3.63) is 93.2 Å². The van der Waals surface area contributed by atoms with Crippen LogP contribution < -0.4 is 14.4 Å². The van der Waals surface area contributed by atoms with Gasteiger partial charge in [-0.15, -0.1) is 0 Å². The van der Waals surface area contributed by atoms with Gasteiger partial charge in [-0.2, -0.15) is 0 Å². The third-order valence-electron chi connectivity index (χ3n) is 5.49. The van der Waals surface area contributed by atoms with Crippen molar-refractivity contribution in [1.82, 2.24) is 0 Å². The van der Waals surface area contributed by atoms with Gasteiger partial charge in [0.15, 0.2) is 0 Å². The Labute approximate surface area is 204 Å². The van der Waals surface area contributed by atoms with E-state index >= 15 is 0 Å². The van der Waals surface area contributed by atoms with Crippen LogP contribution in [0, 0.1) is 5.82 Å². The SMILES string of the molecule is COc1ccc(/C(O)=C2\C(=O)C(=O)N(c3ccc(Cl)c(Cl)c3)C2c2ccccc2F)c(OC)c1. The summed E-state index contributed by atoms with van der Waals surface area (Å²) in [6.07, 6.45) is 0. The van der Waals surface area contributed by atoms with E-state index in [2.05, 4.69) is 0 Å². The van der Waals surface area contributed by atoms with Gasteiger partial charge in [-0.05, 0) is 36.4 Å². The molecule has 1 aliphatic heterocycles. The molecule has 4 rings (SSSR count). The van der Waals surface area contributed by atoms with Crippen molar-refractivity contribution in [3.8, 4) is 11.5 Å². The predicted molar refractivity (Wildman–Crippen MR) is 127 cm³/mol. The minimum Gasteiger partial charge on any atom is -0.507 e. The van der Waals surface area contributed by atoms with Crippen LogP contribution in [0.1, 0.15) is 17.2 Å². The summed E-state index contributed by atoms with van der Waals surface area (Å²) in [7, 11) is 2.85. The summed E-state index contributed by atoms with van der Waals surface area (Å²) in [5, 5.41) is 11.6. The minimum atomic E-state index is -1.27. The molecule has 174 valence electrons. The van der Waals surface area contributed by atoms with Crippen LogP contribution in [0.15, 0.2) is 66.2 Å². The largest absolute Gasteiger partial charge is 0.507 e. The monoisotopic (exact) mass is 501 g/mol. The number of ketones is 1. The first-order chi connectivity index (χ1) is 16.3. The van der Waals surface area contributed by atoms with Gasteiger partial charge in [0, 0.05) is 17.3 Å². The molecule has 1 saturated heterocycles. The van der Waals surface area contributed by atoms with E-state index in [1.54, 1.807) is 12.1 Å². The number of hydrogen-bond acceptors (Lipinski definition) is 5. The van der Waals surface area contributed by atoms with Crippen LogP contribution in [0.25, 0.3) is 5.76 Å². The molecule has 1 atom stereocenters. The molecule has 9 heteroatoms. The van der Waals surface area contributed by atoms with E-state index in [0.717, 1.165) is 4.90 Å². The lowest BCUT2D eigenvalue weighted by atomic mass is 9.94. The smallest absolute Gasteiger partial charge is 0.300 e. The second-order valence-electron chi connectivity index (χ2n) is 7.36. The fourth-order valence-corrected chi connectivity index (χ4v) is 4.16. The quantitative estimate of drug-likeness (QED) is 0.272. The highest BCUT2D eigenvalue weighted by Crippen LogP contribution is 2.45. The van der Waals surface area contributed by atoms with Crippen molar-refractivity contribution in [3.63, 3.8) is 0 Å². The van der Waals surface area contributed by atoms with Crippen molar-refractivity contribution in [2.45, 2.75) is 6.04 Å². The third-order valence-corrected chi connectivity index (χ3v) is 6.23. The zero-order chi connectivity index (χ0) is 24.6. The number of hydrogen-bond donors (Lipinski definition) is 1. The number of nitrogens with zero attached hydrogens (tertiary/aromatic N) is 1. The lowest BCUT2D eigenvalue weighted by molar-refractivity contribution is -0.132. The summed E-state index contributed by atoms with van der Waals surface area (Å²) in [4.78, 5) is 27.5. The molecule has 0 radical (unpaired) electrons. The third kappa shape index (κ3) is 3.97. The lowest BCUT2D eigenvalue weighted by Gasteiger charge is -2.26. The molecule has 0 saturated carbocycles. The Morgan fingerprint density at radius 1 is 0.971 bits per heavy atom. The minimum absolute atomic E-state index is 0.0156. The molecular weight excluding hydrogens is 484 g/mol. The number of carbonyl (C=O) groups excluding carboxylic acids is 2. The molecule has 34 heavy (non-hydrogen) atoms. The van der Waals surface area contributed by atoms with E-state index < -0.39 is 29.3 Å². The molecule has 6 nitrogen and oxygen atoms in total. The van der Waals surface area contributed by atoms with E-state index in [0.29, 0.717) is 5.75 Å². The van der Waals surface area contributed by atoms with Crippen LogP contribution in [0.5, 0.6) is 11.5 Å². The van der Waals surface area contributed by atoms with Gasteiger partial charge in [0.2, 0.25) is 0 Å². The van der Waals surface area contributed by atoms with E-state index in [4.69, 9.17) is 32.7 Å². The summed E-state index contributed by atoms with van der Waals surface area (Å²) in [5.74, 6) is -2.48. The maximum Gasteiger partial charge on any atom is 0.300 e. The number of halogens is 3. The summed E-state index contributed by atoms with van der Waals surface area (Å²) >= 11 is 12.2. The summed E-state index contributed by atoms with van der Waals surface area (Å²) < 4.78 is 25.5. The molecule has 1 fully saturated rings. The number of benzene rings is 3. The highest BCUT2D eigenvalue weighted by molar-refractivity contribution is 6.52. The molecule has 1 amide bonds. The number of aliphatic hydroxyl groups is 1. The van der Waals surface area contributed by atoms with Gasteiger partial charge in [-0.3, -0.25) is 14.5 Å². The van der Waals surface area contributed by atoms with Crippen LogP contribution in [0.3, 0.4) is 0 Å². The van der Waals surface area contributed by atoms with Crippen molar-refractivity contribution < 1.29 is 28.6 Å². The average molecular weight is 502 g/mol. The first kappa shape index (κ1) is 23.6. The molecule has 1 N–H and O–H groups in total. The van der Waals surface area contributed by atoms with E-state index in [1.165, 1.54) is 62.8 Å². The topological polar surface area (TPSA) is 76.1 Å². The summed E-state index contributed by atoms with van der Waals surface area (Å²) in [6, 6.07) is 13.3. The number of Topliss-reactive ketones (excluding diaryl/α,β-unsaturated/α-hetero) is 1. The molecule has 3 aromatic carbocycles. The van der Waals surface area contributed by atoms with E-state index in [1.807, 2.05) is 0 Å². The fourth-order valence-electron chi connectivity index (χ4n) is 3.86. The number of ether oxygens (including phenoxy) is 2. The van der Waals surface area contributed by atoms with Crippen LogP contribution in [0.2, 0.25) is 10.0 Å². The van der Waals surface area contributed by atoms with Gasteiger partial charge in [-0.25, -0.2) is 4.39 Å². The van der Waals surface area contributed by atoms with Crippen LogP contribution >= 0.6 is 23.2 Å². The van der Waals surface area contributed by atoms with Gasteiger partial charge in [-0.1, -0.05) is 41.4 Å². The Morgan fingerprint density at radius 3 is 2.35 bits per heavy atom. The number of aliphatic hydroxyl groups excluding tert-OH is 1. The Hall–Kier alpha value is -3.55. The molecule has 0 aliphatic carbocycles. The second-order valence-corrected chi connectivity index (χ2v) is 8.17. The number of rotatable bonds is 5. The molecular formula is C25H18Cl2FNO5. The van der Waals surface area contributed by atoms with E-state index in [9.17, 15) is 19.1 Å². The molecule has 1 unspecified atom stereocenters. The Kier molecular flexibility index (Phi) is 6.50. The maximum absolute atomic E-state index is 15.0. The number of amides is 1. The first-order valence-electron chi connectivity index (χ1n) is 10.0. The Morgan fingerprint density at radius 2 is 1.71 bits per heavy atom. The molecule has 0 bridgehead atoms. The summed E-state index contributed by atoms with van der Waals surface area (Å²) in [6.45, 7) is 0. The van der Waals surface area contributed by atoms with E-state index in [-0.39, 0.29) is 38.2 Å². The second kappa shape index (κ2) is 9.37. The van der Waals surface area contributed by atoms with Gasteiger partial charge < -0.3 is 14.6 Å². The van der Waals surface area contributed by atoms with Gasteiger partial charge in [0.25, 0.3) is 11.7 Å². The van der Waals surface area contributed by atoms with Gasteiger partial charge in [0.05, 0.1) is 41.4 Å². The number of methoxy groups -OCH3 is 2. The normalized spacial score (nSPS) is 17.2. The number of carbonyl (C=O) groups is 2. The number of anilines is 1. The van der Waals surface area contributed by atoms with Crippen molar-refractivity contribution >= 4 is 46.3 Å². The Bertz CT molecular complexity index is 1340. The van der Waals surface area contributed by atoms with Gasteiger partial charge in [0.1, 0.15) is 23.1 Å². The standard InChI is InChI=1S/C25H18Cl2FNO5/c1-33-14-8-9-16(20(12-14)34-2)23(30)21-22(15-5-3-4-6-19(15)28)29(25(32)24(21)31)13-7-10-17(26)18(27)11-13/h3-12,22,30H,1-2H3/b23-21+. The van der Waals surface area contributed by atoms with Gasteiger partial charge >= 0.3 is 0 Å². The predicted octanol–water partition coefficient (Wildman–Crippen LogP) is 5.78. The molecule has 1 aliphatic rings. The van der Waals surface area contributed by atoms with Crippen molar-refractivity contribution in [2.24, 2.45) is 0 Å². The zero-order valence-corrected chi connectivity index (χ0v) is 19.5. The molecule has 1 heterocycles. The van der Waals surface area contributed by atoms with Crippen molar-refractivity contribution in [1.29, 1.82) is 0 Å². The lowest BCUT2D eigenvalue weighted by Crippen LogP contribution is -2.29. The van der Waals surface area contributed by atoms with Crippen LogP contribution in [0.4, 0.5) is 10.1 Å². The first-order valence-corrected chi connectivity index (χ1v) is 10.8. The molecule has 3 aromatic rings. The average Bonchev–Trinajstić information content (AvgIpc) is 3.10. The highest BCUT2D eigenvalue weighted by Gasteiger charge is 2.48. The zero-order valence-electron chi connectivity index (χ0n) is 18.0.